The Labute approximate surface area is 311 Å². The van der Waals surface area contributed by atoms with Gasteiger partial charge in [-0.15, -0.1) is 0 Å². The quantitative estimate of drug-likeness (QED) is 0.184. The van der Waals surface area contributed by atoms with E-state index in [4.69, 9.17) is 4.42 Å². The van der Waals surface area contributed by atoms with Crippen molar-refractivity contribution in [3.63, 3.8) is 0 Å². The zero-order valence-corrected chi connectivity index (χ0v) is 31.1. The van der Waals surface area contributed by atoms with Crippen molar-refractivity contribution in [1.82, 2.24) is 0 Å². The van der Waals surface area contributed by atoms with Crippen LogP contribution in [-0.4, -0.2) is 0 Å². The average Bonchev–Trinajstić information content (AvgIpc) is 3.80. The van der Waals surface area contributed by atoms with E-state index in [-0.39, 0.29) is 16.2 Å². The number of furan rings is 1. The van der Waals surface area contributed by atoms with E-state index in [9.17, 15) is 0 Å². The number of nitrogens with zero attached hydrogens (tertiary/aromatic N) is 1. The highest BCUT2D eigenvalue weighted by Crippen LogP contribution is 2.55. The second kappa shape index (κ2) is 10.2. The molecule has 0 spiro atoms. The lowest BCUT2D eigenvalue weighted by atomic mass is 9.82. The van der Waals surface area contributed by atoms with Gasteiger partial charge in [0, 0.05) is 33.0 Å². The van der Waals surface area contributed by atoms with Crippen LogP contribution in [0.4, 0.5) is 17.1 Å². The molecule has 0 N–H and O–H groups in total. The van der Waals surface area contributed by atoms with Gasteiger partial charge in [0.05, 0.1) is 11.1 Å². The largest absolute Gasteiger partial charge is 0.456 e. The number of hydrogen-bond donors (Lipinski definition) is 0. The minimum atomic E-state index is -0.121. The molecule has 0 aliphatic heterocycles. The van der Waals surface area contributed by atoms with Gasteiger partial charge >= 0.3 is 0 Å². The molecule has 0 atom stereocenters. The van der Waals surface area contributed by atoms with Gasteiger partial charge in [0.1, 0.15) is 11.2 Å². The Hall–Kier alpha value is -5.86. The summed E-state index contributed by atoms with van der Waals surface area (Å²) in [6.07, 6.45) is 0. The van der Waals surface area contributed by atoms with Gasteiger partial charge in [-0.05, 0) is 115 Å². The monoisotopic (exact) mass is 683 g/mol. The molecule has 0 bridgehead atoms. The van der Waals surface area contributed by atoms with E-state index in [1.165, 1.54) is 66.8 Å². The van der Waals surface area contributed by atoms with E-state index >= 15 is 0 Å². The second-order valence-electron chi connectivity index (χ2n) is 17.0. The topological polar surface area (TPSA) is 16.4 Å². The summed E-state index contributed by atoms with van der Waals surface area (Å²) in [7, 11) is 0. The Kier molecular flexibility index (Phi) is 5.90. The molecule has 2 nitrogen and oxygen atoms in total. The molecule has 0 amide bonds. The Bertz CT molecular complexity index is 2770. The fourth-order valence-electron chi connectivity index (χ4n) is 10.3. The van der Waals surface area contributed by atoms with Gasteiger partial charge < -0.3 is 9.32 Å². The third-order valence-electron chi connectivity index (χ3n) is 13.1. The highest BCUT2D eigenvalue weighted by atomic mass is 16.3. The first-order chi connectivity index (χ1) is 25.5. The Morgan fingerprint density at radius 2 is 0.830 bits per heavy atom. The summed E-state index contributed by atoms with van der Waals surface area (Å²) < 4.78 is 6.80. The standard InChI is InChI=1S/C51H41NO/c1-49(2)39-17-10-7-14-32(39)35-24-22-30(26-42(35)49)52(31-23-25-36-33-15-8-11-18-40(33)50(3,4)43(36)27-31)45-20-13-21-46-48(45)38-28-37-34-16-9-12-19-41(34)51(5,6)44(37)29-47(38)53-46/h7-29H,1-6H3. The molecule has 1 heterocycles. The molecule has 256 valence electrons. The SMILES string of the molecule is CC1(C)c2ccccc2-c2ccc(N(c3ccc4c(c3)C(C)(C)c3ccccc3-4)c3cccc4oc5cc6c(cc5c34)-c3ccccc3C6(C)C)cc21. The maximum Gasteiger partial charge on any atom is 0.137 e. The average molecular weight is 684 g/mol. The normalized spacial score (nSPS) is 16.2. The van der Waals surface area contributed by atoms with Crippen LogP contribution >= 0.6 is 0 Å². The first-order valence-corrected chi connectivity index (χ1v) is 18.9. The lowest BCUT2D eigenvalue weighted by Gasteiger charge is -2.30. The first-order valence-electron chi connectivity index (χ1n) is 18.9. The van der Waals surface area contributed by atoms with Gasteiger partial charge in [0.25, 0.3) is 0 Å². The first kappa shape index (κ1) is 30.7. The summed E-state index contributed by atoms with van der Waals surface area (Å²) in [4.78, 5) is 2.49. The molecule has 3 aliphatic rings. The van der Waals surface area contributed by atoms with Crippen molar-refractivity contribution in [1.29, 1.82) is 0 Å². The van der Waals surface area contributed by atoms with Gasteiger partial charge in [-0.2, -0.15) is 0 Å². The molecule has 3 aliphatic carbocycles. The molecule has 0 radical (unpaired) electrons. The van der Waals surface area contributed by atoms with Crippen molar-refractivity contribution in [2.24, 2.45) is 0 Å². The van der Waals surface area contributed by atoms with Crippen molar-refractivity contribution in [2.45, 2.75) is 57.8 Å². The van der Waals surface area contributed by atoms with Crippen LogP contribution in [0, 0.1) is 0 Å². The highest BCUT2D eigenvalue weighted by Gasteiger charge is 2.39. The summed E-state index contributed by atoms with van der Waals surface area (Å²) in [5.41, 5.74) is 21.0. The fraction of sp³-hybridized carbons (Fsp3) is 0.176. The molecule has 8 aromatic rings. The molecular formula is C51H41NO. The molecule has 2 heteroatoms. The van der Waals surface area contributed by atoms with Gasteiger partial charge in [-0.25, -0.2) is 0 Å². The molecule has 0 saturated heterocycles. The van der Waals surface area contributed by atoms with Crippen molar-refractivity contribution in [2.75, 3.05) is 4.90 Å². The number of hydrogen-bond acceptors (Lipinski definition) is 2. The van der Waals surface area contributed by atoms with Crippen LogP contribution in [-0.2, 0) is 16.2 Å². The van der Waals surface area contributed by atoms with Crippen molar-refractivity contribution in [3.05, 3.63) is 173 Å². The third-order valence-corrected chi connectivity index (χ3v) is 13.1. The molecule has 1 aromatic heterocycles. The molecule has 11 rings (SSSR count). The lowest BCUT2D eigenvalue weighted by molar-refractivity contribution is 0.647. The predicted molar refractivity (Wildman–Crippen MR) is 221 cm³/mol. The van der Waals surface area contributed by atoms with Crippen LogP contribution in [0.3, 0.4) is 0 Å². The van der Waals surface area contributed by atoms with Gasteiger partial charge in [0.2, 0.25) is 0 Å². The summed E-state index contributed by atoms with van der Waals surface area (Å²) in [5.74, 6) is 0. The molecule has 53 heavy (non-hydrogen) atoms. The molecule has 0 saturated carbocycles. The molecule has 0 fully saturated rings. The maximum absolute atomic E-state index is 6.80. The number of anilines is 3. The lowest BCUT2D eigenvalue weighted by Crippen LogP contribution is -2.18. The van der Waals surface area contributed by atoms with Crippen molar-refractivity contribution >= 4 is 39.0 Å². The predicted octanol–water partition coefficient (Wildman–Crippen LogP) is 14.0. The maximum atomic E-state index is 6.80. The molecule has 0 unspecified atom stereocenters. The molecular weight excluding hydrogens is 643 g/mol. The van der Waals surface area contributed by atoms with Crippen molar-refractivity contribution in [3.8, 4) is 33.4 Å². The minimum absolute atomic E-state index is 0.0997. The second-order valence-corrected chi connectivity index (χ2v) is 17.0. The Morgan fingerprint density at radius 1 is 0.377 bits per heavy atom. The van der Waals surface area contributed by atoms with Crippen LogP contribution in [0.5, 0.6) is 0 Å². The van der Waals surface area contributed by atoms with E-state index in [1.807, 2.05) is 0 Å². The van der Waals surface area contributed by atoms with Crippen LogP contribution in [0.25, 0.3) is 55.3 Å². The number of benzene rings is 7. The van der Waals surface area contributed by atoms with Crippen molar-refractivity contribution < 1.29 is 4.42 Å². The number of fused-ring (bicyclic) bond motifs is 12. The smallest absolute Gasteiger partial charge is 0.137 e. The van der Waals surface area contributed by atoms with E-state index in [2.05, 4.69) is 186 Å². The Morgan fingerprint density at radius 3 is 1.36 bits per heavy atom. The molecule has 7 aromatic carbocycles. The highest BCUT2D eigenvalue weighted by molar-refractivity contribution is 6.15. The summed E-state index contributed by atoms with van der Waals surface area (Å²) in [6.45, 7) is 14.1. The summed E-state index contributed by atoms with van der Waals surface area (Å²) >= 11 is 0. The third kappa shape index (κ3) is 3.94. The minimum Gasteiger partial charge on any atom is -0.456 e. The summed E-state index contributed by atoms with van der Waals surface area (Å²) in [6, 6.07) is 52.2. The zero-order valence-electron chi connectivity index (χ0n) is 31.1. The van der Waals surface area contributed by atoms with E-state index in [0.717, 1.165) is 39.0 Å². The summed E-state index contributed by atoms with van der Waals surface area (Å²) in [5, 5.41) is 2.29. The van der Waals surface area contributed by atoms with Gasteiger partial charge in [0.15, 0.2) is 0 Å². The fourth-order valence-corrected chi connectivity index (χ4v) is 10.3. The van der Waals surface area contributed by atoms with E-state index in [0.29, 0.717) is 0 Å². The van der Waals surface area contributed by atoms with Gasteiger partial charge in [-0.3, -0.25) is 0 Å². The van der Waals surface area contributed by atoms with Crippen LogP contribution in [0.15, 0.2) is 144 Å². The van der Waals surface area contributed by atoms with Crippen LogP contribution in [0.2, 0.25) is 0 Å². The van der Waals surface area contributed by atoms with Gasteiger partial charge in [-0.1, -0.05) is 133 Å². The number of rotatable bonds is 3. The van der Waals surface area contributed by atoms with E-state index in [1.54, 1.807) is 0 Å². The van der Waals surface area contributed by atoms with Crippen LogP contribution in [0.1, 0.15) is 74.9 Å². The Balaban J connectivity index is 1.18. The zero-order chi connectivity index (χ0) is 36.0. The van der Waals surface area contributed by atoms with Crippen LogP contribution < -0.4 is 4.90 Å². The van der Waals surface area contributed by atoms with E-state index < -0.39 is 0 Å².